The van der Waals surface area contributed by atoms with Crippen LogP contribution in [0.15, 0.2) is 55.1 Å². The average molecular weight is 463 g/mol. The molecule has 1 aliphatic rings. The molecule has 0 amide bonds. The summed E-state index contributed by atoms with van der Waals surface area (Å²) < 4.78 is 3.95. The van der Waals surface area contributed by atoms with Gasteiger partial charge in [-0.2, -0.15) is 4.57 Å². The van der Waals surface area contributed by atoms with Crippen LogP contribution in [-0.2, 0) is 12.0 Å². The molecular weight excluding hydrogens is 432 g/mol. The second-order valence-corrected chi connectivity index (χ2v) is 9.42. The van der Waals surface area contributed by atoms with Crippen molar-refractivity contribution in [1.82, 2.24) is 0 Å². The van der Waals surface area contributed by atoms with Gasteiger partial charge in [-0.05, 0) is 17.5 Å². The van der Waals surface area contributed by atoms with Crippen molar-refractivity contribution in [1.29, 1.82) is 0 Å². The summed E-state index contributed by atoms with van der Waals surface area (Å²) >= 11 is 0. The fraction of sp³-hybridized carbons (Fsp3) is 0.385. The molecule has 0 bridgehead atoms. The summed E-state index contributed by atoms with van der Waals surface area (Å²) in [4.78, 5) is 21.6. The predicted octanol–water partition coefficient (Wildman–Crippen LogP) is 5.34. The van der Waals surface area contributed by atoms with E-state index < -0.39 is 9.85 Å². The van der Waals surface area contributed by atoms with E-state index >= 15 is 0 Å². The summed E-state index contributed by atoms with van der Waals surface area (Å²) in [5, 5.41) is 22.8. The molecular formula is C26H30N4O4+2. The Labute approximate surface area is 198 Å². The summed E-state index contributed by atoms with van der Waals surface area (Å²) in [5.41, 5.74) is 4.00. The Hall–Kier alpha value is -3.68. The molecule has 1 aliphatic carbocycles. The number of pyridine rings is 2. The number of fused-ring (bicyclic) bond motifs is 3. The van der Waals surface area contributed by atoms with E-state index in [-0.39, 0.29) is 16.8 Å². The number of aryl methyl sites for hydroxylation is 1. The van der Waals surface area contributed by atoms with Gasteiger partial charge in [0.05, 0.1) is 9.85 Å². The van der Waals surface area contributed by atoms with E-state index in [1.165, 1.54) is 48.9 Å². The second-order valence-electron chi connectivity index (χ2n) is 9.42. The van der Waals surface area contributed by atoms with E-state index in [9.17, 15) is 20.2 Å². The quantitative estimate of drug-likeness (QED) is 0.186. The Balaban J connectivity index is 1.68. The number of unbranched alkanes of at least 4 members (excludes halogenated alkanes) is 4. The molecule has 0 saturated heterocycles. The van der Waals surface area contributed by atoms with Crippen molar-refractivity contribution in [3.63, 3.8) is 0 Å². The average Bonchev–Trinajstić information content (AvgIpc) is 3.04. The molecule has 3 aromatic rings. The first kappa shape index (κ1) is 23.5. The molecule has 8 nitrogen and oxygen atoms in total. The fourth-order valence-electron chi connectivity index (χ4n) is 4.82. The molecule has 2 heterocycles. The van der Waals surface area contributed by atoms with Gasteiger partial charge in [0.1, 0.15) is 12.6 Å². The number of nitro benzene ring substituents is 2. The number of hydrogen-bond acceptors (Lipinski definition) is 4. The van der Waals surface area contributed by atoms with Crippen molar-refractivity contribution >= 4 is 11.4 Å². The lowest BCUT2D eigenvalue weighted by molar-refractivity contribution is -0.697. The standard InChI is InChI=1S/C26H30N4O4/c1-4-5-6-7-8-13-27-14-11-20-21-12-15-28(18-23(21)26(2,3)22(20)17-27)24-10-9-19(29(31)32)16-25(24)30(33)34/h9-12,14-18H,4-8,13H2,1-3H3/q+2. The van der Waals surface area contributed by atoms with Gasteiger partial charge < -0.3 is 0 Å². The van der Waals surface area contributed by atoms with Crippen LogP contribution in [0.4, 0.5) is 11.4 Å². The lowest BCUT2D eigenvalue weighted by atomic mass is 9.84. The Morgan fingerprint density at radius 1 is 0.853 bits per heavy atom. The number of nitro groups is 2. The molecule has 0 atom stereocenters. The summed E-state index contributed by atoms with van der Waals surface area (Å²) in [6.07, 6.45) is 14.2. The molecule has 0 aliphatic heterocycles. The van der Waals surface area contributed by atoms with Gasteiger partial charge in [0.25, 0.3) is 11.4 Å². The Kier molecular flexibility index (Phi) is 6.41. The van der Waals surface area contributed by atoms with Crippen LogP contribution in [0.2, 0.25) is 0 Å². The Morgan fingerprint density at radius 2 is 1.53 bits per heavy atom. The molecule has 1 aromatic carbocycles. The van der Waals surface area contributed by atoms with E-state index in [0.717, 1.165) is 30.2 Å². The summed E-state index contributed by atoms with van der Waals surface area (Å²) in [5.74, 6) is 0. The van der Waals surface area contributed by atoms with Crippen LogP contribution in [0, 0.1) is 20.2 Å². The van der Waals surface area contributed by atoms with E-state index in [4.69, 9.17) is 0 Å². The zero-order valence-electron chi connectivity index (χ0n) is 19.9. The number of aromatic nitrogens is 2. The molecule has 34 heavy (non-hydrogen) atoms. The van der Waals surface area contributed by atoms with Crippen molar-refractivity contribution in [2.45, 2.75) is 64.8 Å². The van der Waals surface area contributed by atoms with Gasteiger partial charge in [-0.25, -0.2) is 4.57 Å². The summed E-state index contributed by atoms with van der Waals surface area (Å²) in [6.45, 7) is 7.53. The van der Waals surface area contributed by atoms with Crippen LogP contribution < -0.4 is 9.13 Å². The SMILES string of the molecule is CCCCCCC[n+]1ccc2c(c1)C(C)(C)c1c[n+](-c3ccc([N+](=O)[O-])cc3[N+](=O)[O-])ccc1-2. The largest absolute Gasteiger partial charge is 0.347 e. The molecule has 0 fully saturated rings. The van der Waals surface area contributed by atoms with Gasteiger partial charge in [0, 0.05) is 47.2 Å². The Bertz CT molecular complexity index is 1270. The first-order chi connectivity index (χ1) is 16.2. The minimum absolute atomic E-state index is 0.283. The van der Waals surface area contributed by atoms with Crippen LogP contribution in [0.25, 0.3) is 16.8 Å². The highest BCUT2D eigenvalue weighted by Crippen LogP contribution is 2.47. The van der Waals surface area contributed by atoms with Gasteiger partial charge in [-0.15, -0.1) is 0 Å². The van der Waals surface area contributed by atoms with Crippen LogP contribution in [0.5, 0.6) is 0 Å². The molecule has 176 valence electrons. The second kappa shape index (κ2) is 9.29. The maximum atomic E-state index is 11.7. The van der Waals surface area contributed by atoms with Crippen molar-refractivity contribution < 1.29 is 19.0 Å². The minimum Gasteiger partial charge on any atom is -0.258 e. The molecule has 0 spiro atoms. The van der Waals surface area contributed by atoms with Gasteiger partial charge >= 0.3 is 5.69 Å². The van der Waals surface area contributed by atoms with Crippen LogP contribution in [0.1, 0.15) is 64.0 Å². The van der Waals surface area contributed by atoms with E-state index in [0.29, 0.717) is 5.69 Å². The molecule has 0 unspecified atom stereocenters. The number of nitrogens with zero attached hydrogens (tertiary/aromatic N) is 4. The third-order valence-electron chi connectivity index (χ3n) is 6.78. The number of rotatable bonds is 9. The molecule has 0 saturated carbocycles. The van der Waals surface area contributed by atoms with Crippen LogP contribution >= 0.6 is 0 Å². The first-order valence-electron chi connectivity index (χ1n) is 11.8. The van der Waals surface area contributed by atoms with Gasteiger partial charge in [-0.3, -0.25) is 20.2 Å². The fourth-order valence-corrected chi connectivity index (χ4v) is 4.82. The lowest BCUT2D eigenvalue weighted by Crippen LogP contribution is -2.35. The zero-order chi connectivity index (χ0) is 24.5. The van der Waals surface area contributed by atoms with Gasteiger partial charge in [-0.1, -0.05) is 40.0 Å². The highest BCUT2D eigenvalue weighted by atomic mass is 16.6. The third kappa shape index (κ3) is 4.27. The lowest BCUT2D eigenvalue weighted by Gasteiger charge is -2.18. The first-order valence-corrected chi connectivity index (χ1v) is 11.8. The maximum Gasteiger partial charge on any atom is 0.347 e. The number of non-ortho nitro benzene ring substituents is 1. The number of benzene rings is 1. The van der Waals surface area contributed by atoms with Gasteiger partial charge in [0.2, 0.25) is 0 Å². The van der Waals surface area contributed by atoms with Gasteiger partial charge in [0.15, 0.2) is 24.8 Å². The normalized spacial score (nSPS) is 13.4. The third-order valence-corrected chi connectivity index (χ3v) is 6.78. The molecule has 2 aromatic heterocycles. The Morgan fingerprint density at radius 3 is 2.21 bits per heavy atom. The van der Waals surface area contributed by atoms with Crippen LogP contribution in [-0.4, -0.2) is 9.85 Å². The van der Waals surface area contributed by atoms with Crippen molar-refractivity contribution in [3.8, 4) is 16.8 Å². The molecule has 4 rings (SSSR count). The van der Waals surface area contributed by atoms with Crippen LogP contribution in [0.3, 0.4) is 0 Å². The number of hydrogen-bond donors (Lipinski definition) is 0. The summed E-state index contributed by atoms with van der Waals surface area (Å²) in [7, 11) is 0. The molecule has 0 radical (unpaired) electrons. The minimum atomic E-state index is -0.622. The van der Waals surface area contributed by atoms with E-state index in [1.54, 1.807) is 10.8 Å². The zero-order valence-corrected chi connectivity index (χ0v) is 19.9. The highest BCUT2D eigenvalue weighted by molar-refractivity contribution is 5.79. The van der Waals surface area contributed by atoms with E-state index in [1.807, 2.05) is 12.3 Å². The molecule has 0 N–H and O–H groups in total. The predicted molar refractivity (Wildman–Crippen MR) is 128 cm³/mol. The summed E-state index contributed by atoms with van der Waals surface area (Å²) in [6, 6.07) is 7.88. The topological polar surface area (TPSA) is 94.0 Å². The monoisotopic (exact) mass is 462 g/mol. The van der Waals surface area contributed by atoms with E-state index in [2.05, 4.69) is 43.8 Å². The van der Waals surface area contributed by atoms with Crippen molar-refractivity contribution in [2.75, 3.05) is 0 Å². The molecule has 8 heteroatoms. The van der Waals surface area contributed by atoms with Crippen molar-refractivity contribution in [2.24, 2.45) is 0 Å². The smallest absolute Gasteiger partial charge is 0.258 e. The maximum absolute atomic E-state index is 11.7. The highest BCUT2D eigenvalue weighted by Gasteiger charge is 2.40. The van der Waals surface area contributed by atoms with Crippen molar-refractivity contribution in [3.05, 3.63) is 86.5 Å².